The molecule has 0 fully saturated rings. The van der Waals surface area contributed by atoms with Crippen LogP contribution in [0.15, 0.2) is 30.3 Å². The molecule has 96 valence electrons. The summed E-state index contributed by atoms with van der Waals surface area (Å²) in [7, 11) is 0. The van der Waals surface area contributed by atoms with E-state index in [2.05, 4.69) is 0 Å². The minimum absolute atomic E-state index is 0.124. The summed E-state index contributed by atoms with van der Waals surface area (Å²) in [5.41, 5.74) is -0.829. The maximum absolute atomic E-state index is 13.6. The highest BCUT2D eigenvalue weighted by molar-refractivity contribution is 7.12. The highest BCUT2D eigenvalue weighted by atomic mass is 32.1. The van der Waals surface area contributed by atoms with Gasteiger partial charge in [-0.25, -0.2) is 8.78 Å². The Kier molecular flexibility index (Phi) is 3.50. The molecule has 1 aromatic heterocycles. The predicted molar refractivity (Wildman–Crippen MR) is 68.7 cm³/mol. The van der Waals surface area contributed by atoms with E-state index in [1.165, 1.54) is 23.5 Å². The molecule has 0 saturated carbocycles. The van der Waals surface area contributed by atoms with Gasteiger partial charge in [-0.1, -0.05) is 6.07 Å². The van der Waals surface area contributed by atoms with E-state index in [4.69, 9.17) is 0 Å². The monoisotopic (exact) mass is 268 g/mol. The lowest BCUT2D eigenvalue weighted by Crippen LogP contribution is -2.23. The first-order chi connectivity index (χ1) is 8.38. The Balaban J connectivity index is 2.27. The molecule has 1 nitrogen and oxygen atoms in total. The van der Waals surface area contributed by atoms with Gasteiger partial charge in [-0.15, -0.1) is 11.3 Å². The molecule has 0 bridgehead atoms. The van der Waals surface area contributed by atoms with Crippen molar-refractivity contribution in [1.29, 1.82) is 0 Å². The first-order valence-electron chi connectivity index (χ1n) is 5.62. The van der Waals surface area contributed by atoms with Crippen LogP contribution in [0.2, 0.25) is 0 Å². The van der Waals surface area contributed by atoms with E-state index in [1.807, 2.05) is 19.1 Å². The molecule has 1 N–H and O–H groups in total. The van der Waals surface area contributed by atoms with E-state index in [9.17, 15) is 13.9 Å². The van der Waals surface area contributed by atoms with E-state index in [1.54, 1.807) is 6.92 Å². The second-order valence-electron chi connectivity index (χ2n) is 4.60. The third-order valence-corrected chi connectivity index (χ3v) is 4.07. The van der Waals surface area contributed by atoms with Crippen LogP contribution in [0.4, 0.5) is 8.78 Å². The molecule has 0 amide bonds. The van der Waals surface area contributed by atoms with E-state index in [-0.39, 0.29) is 6.42 Å². The summed E-state index contributed by atoms with van der Waals surface area (Å²) in [6, 6.07) is 7.16. The van der Waals surface area contributed by atoms with Gasteiger partial charge >= 0.3 is 0 Å². The molecule has 1 aromatic carbocycles. The minimum Gasteiger partial charge on any atom is -0.384 e. The number of aryl methyl sites for hydroxylation is 1. The lowest BCUT2D eigenvalue weighted by molar-refractivity contribution is 0.0605. The van der Waals surface area contributed by atoms with Crippen LogP contribution >= 0.6 is 11.3 Å². The van der Waals surface area contributed by atoms with Crippen LogP contribution in [0, 0.1) is 18.6 Å². The van der Waals surface area contributed by atoms with E-state index >= 15 is 0 Å². The molecule has 0 aliphatic heterocycles. The lowest BCUT2D eigenvalue weighted by atomic mass is 9.94. The van der Waals surface area contributed by atoms with Gasteiger partial charge in [0.1, 0.15) is 17.2 Å². The smallest absolute Gasteiger partial charge is 0.129 e. The molecule has 0 aliphatic carbocycles. The molecule has 1 unspecified atom stereocenters. The second-order valence-corrected chi connectivity index (χ2v) is 5.88. The second kappa shape index (κ2) is 4.78. The highest BCUT2D eigenvalue weighted by Gasteiger charge is 2.26. The van der Waals surface area contributed by atoms with Crippen LogP contribution < -0.4 is 0 Å². The normalized spacial score (nSPS) is 14.5. The van der Waals surface area contributed by atoms with Crippen LogP contribution in [-0.2, 0) is 12.0 Å². The zero-order valence-electron chi connectivity index (χ0n) is 10.2. The number of hydrogen-bond acceptors (Lipinski definition) is 2. The largest absolute Gasteiger partial charge is 0.384 e. The molecular formula is C14H14F2OS. The molecule has 2 aromatic rings. The van der Waals surface area contributed by atoms with Gasteiger partial charge in [-0.05, 0) is 37.6 Å². The molecule has 18 heavy (non-hydrogen) atoms. The van der Waals surface area contributed by atoms with Crippen molar-refractivity contribution in [1.82, 2.24) is 0 Å². The topological polar surface area (TPSA) is 20.2 Å². The quantitative estimate of drug-likeness (QED) is 0.898. The minimum atomic E-state index is -1.14. The van der Waals surface area contributed by atoms with Crippen molar-refractivity contribution < 1.29 is 13.9 Å². The van der Waals surface area contributed by atoms with Gasteiger partial charge in [0, 0.05) is 22.2 Å². The van der Waals surface area contributed by atoms with Crippen molar-refractivity contribution in [2.45, 2.75) is 25.9 Å². The summed E-state index contributed by atoms with van der Waals surface area (Å²) < 4.78 is 26.4. The van der Waals surface area contributed by atoms with Crippen molar-refractivity contribution in [2.24, 2.45) is 0 Å². The fourth-order valence-electron chi connectivity index (χ4n) is 1.85. The summed E-state index contributed by atoms with van der Waals surface area (Å²) in [6.45, 7) is 3.59. The van der Waals surface area contributed by atoms with E-state index < -0.39 is 17.2 Å². The average molecular weight is 268 g/mol. The fraction of sp³-hybridized carbons (Fsp3) is 0.286. The third kappa shape index (κ3) is 2.76. The Morgan fingerprint density at radius 1 is 1.22 bits per heavy atom. The number of thiophene rings is 1. The van der Waals surface area contributed by atoms with Gasteiger partial charge in [0.2, 0.25) is 0 Å². The van der Waals surface area contributed by atoms with Crippen LogP contribution in [0.25, 0.3) is 0 Å². The van der Waals surface area contributed by atoms with Gasteiger partial charge < -0.3 is 5.11 Å². The molecule has 0 aliphatic rings. The number of halogens is 2. The third-order valence-electron chi connectivity index (χ3n) is 2.82. The Morgan fingerprint density at radius 3 is 2.50 bits per heavy atom. The average Bonchev–Trinajstić information content (AvgIpc) is 2.70. The highest BCUT2D eigenvalue weighted by Crippen LogP contribution is 2.31. The summed E-state index contributed by atoms with van der Waals surface area (Å²) in [5, 5.41) is 10.4. The molecule has 1 atom stereocenters. The van der Waals surface area contributed by atoms with E-state index in [0.717, 1.165) is 15.8 Å². The Bertz CT molecular complexity index is 561. The van der Waals surface area contributed by atoms with Crippen molar-refractivity contribution in [3.63, 3.8) is 0 Å². The van der Waals surface area contributed by atoms with Crippen molar-refractivity contribution >= 4 is 11.3 Å². The van der Waals surface area contributed by atoms with Gasteiger partial charge in [-0.3, -0.25) is 0 Å². The molecule has 0 saturated heterocycles. The van der Waals surface area contributed by atoms with E-state index in [0.29, 0.717) is 5.56 Å². The number of benzene rings is 1. The molecule has 2 rings (SSSR count). The van der Waals surface area contributed by atoms with Gasteiger partial charge in [0.15, 0.2) is 0 Å². The van der Waals surface area contributed by atoms with Crippen molar-refractivity contribution in [2.75, 3.05) is 0 Å². The van der Waals surface area contributed by atoms with Gasteiger partial charge in [0.05, 0.1) is 0 Å². The summed E-state index contributed by atoms with van der Waals surface area (Å²) in [6.07, 6.45) is 0.124. The fourth-order valence-corrected chi connectivity index (χ4v) is 2.76. The predicted octanol–water partition coefficient (Wildman–Crippen LogP) is 3.78. The SMILES string of the molecule is Cc1ccc(C(C)(O)Cc2ccc(F)cc2F)s1. The van der Waals surface area contributed by atoms with Gasteiger partial charge in [0.25, 0.3) is 0 Å². The summed E-state index contributed by atoms with van der Waals surface area (Å²) >= 11 is 1.48. The summed E-state index contributed by atoms with van der Waals surface area (Å²) in [5.74, 6) is -1.23. The molecule has 0 spiro atoms. The first kappa shape index (κ1) is 13.2. The number of aliphatic hydroxyl groups is 1. The maximum Gasteiger partial charge on any atom is 0.129 e. The molecular weight excluding hydrogens is 254 g/mol. The van der Waals surface area contributed by atoms with Crippen LogP contribution in [-0.4, -0.2) is 5.11 Å². The lowest BCUT2D eigenvalue weighted by Gasteiger charge is -2.22. The Labute approximate surface area is 109 Å². The van der Waals surface area contributed by atoms with Crippen molar-refractivity contribution in [3.8, 4) is 0 Å². The van der Waals surface area contributed by atoms with Crippen LogP contribution in [0.5, 0.6) is 0 Å². The van der Waals surface area contributed by atoms with Crippen LogP contribution in [0.1, 0.15) is 22.2 Å². The molecule has 1 heterocycles. The van der Waals surface area contributed by atoms with Crippen LogP contribution in [0.3, 0.4) is 0 Å². The zero-order chi connectivity index (χ0) is 13.3. The molecule has 0 radical (unpaired) electrons. The zero-order valence-corrected chi connectivity index (χ0v) is 11.0. The Hall–Kier alpha value is -1.26. The maximum atomic E-state index is 13.6. The first-order valence-corrected chi connectivity index (χ1v) is 6.43. The number of hydrogen-bond donors (Lipinski definition) is 1. The Morgan fingerprint density at radius 2 is 1.94 bits per heavy atom. The van der Waals surface area contributed by atoms with Gasteiger partial charge in [-0.2, -0.15) is 0 Å². The van der Waals surface area contributed by atoms with Crippen molar-refractivity contribution in [3.05, 3.63) is 57.3 Å². The number of rotatable bonds is 3. The summed E-state index contributed by atoms with van der Waals surface area (Å²) in [4.78, 5) is 1.87. The molecule has 4 heteroatoms. The standard InChI is InChI=1S/C14H14F2OS/c1-9-3-6-13(18-9)14(2,17)8-10-4-5-11(15)7-12(10)16/h3-7,17H,8H2,1-2H3.